The Bertz CT molecular complexity index is 465. The smallest absolute Gasteiger partial charge is 0.140 e. The summed E-state index contributed by atoms with van der Waals surface area (Å²) in [7, 11) is 0. The van der Waals surface area contributed by atoms with Crippen LogP contribution in [0.4, 0.5) is 0 Å². The summed E-state index contributed by atoms with van der Waals surface area (Å²) in [6.45, 7) is 0.726. The first kappa shape index (κ1) is 8.33. The minimum Gasteiger partial charge on any atom is -0.361 e. The van der Waals surface area contributed by atoms with Crippen LogP contribution in [0.3, 0.4) is 0 Å². The van der Waals surface area contributed by atoms with Crippen LogP contribution in [0.15, 0.2) is 24.4 Å². The Balaban J connectivity index is 2.04. The molecule has 0 amide bonds. The van der Waals surface area contributed by atoms with Gasteiger partial charge >= 0.3 is 0 Å². The Labute approximate surface area is 86.8 Å². The lowest BCUT2D eigenvalue weighted by atomic mass is 9.96. The lowest BCUT2D eigenvalue weighted by Gasteiger charge is -2.32. The number of aromatic nitrogens is 1. The maximum atomic E-state index is 5.93. The lowest BCUT2D eigenvalue weighted by Crippen LogP contribution is -2.32. The van der Waals surface area contributed by atoms with E-state index in [4.69, 9.17) is 16.3 Å². The molecule has 1 radical (unpaired) electrons. The van der Waals surface area contributed by atoms with Gasteiger partial charge in [0.05, 0.1) is 6.61 Å². The number of nitrogens with one attached hydrogen (secondary N) is 1. The molecule has 2 nitrogen and oxygen atoms in total. The minimum atomic E-state index is -0.161. The molecule has 2 heterocycles. The largest absolute Gasteiger partial charge is 0.361 e. The molecule has 3 rings (SSSR count). The average Bonchev–Trinajstić information content (AvgIpc) is 2.62. The molecule has 1 aliphatic rings. The molecule has 0 bridgehead atoms. The highest BCUT2D eigenvalue weighted by atomic mass is 35.5. The average molecular weight is 207 g/mol. The summed E-state index contributed by atoms with van der Waals surface area (Å²) in [5.41, 5.74) is 2.19. The van der Waals surface area contributed by atoms with Gasteiger partial charge in [0.25, 0.3) is 0 Å². The van der Waals surface area contributed by atoms with Crippen molar-refractivity contribution >= 4 is 22.5 Å². The summed E-state index contributed by atoms with van der Waals surface area (Å²) >= 11 is 5.93. The van der Waals surface area contributed by atoms with Gasteiger partial charge < -0.3 is 9.72 Å². The molecule has 0 saturated carbocycles. The standard InChI is InChI=1S/C11H9ClNO/c12-11-9(6-14-11)7-1-2-10-8(5-7)3-4-13-10/h1-2,4-5,9,11,13H,6H2/t9?,11-/m1/s1. The molecule has 1 N–H and O–H groups in total. The maximum absolute atomic E-state index is 5.93. The molecule has 1 unspecified atom stereocenters. The van der Waals surface area contributed by atoms with Gasteiger partial charge in [-0.2, -0.15) is 0 Å². The summed E-state index contributed by atoms with van der Waals surface area (Å²) in [6, 6.07) is 9.41. The Kier molecular flexibility index (Phi) is 1.79. The van der Waals surface area contributed by atoms with Crippen LogP contribution in [0.1, 0.15) is 11.5 Å². The van der Waals surface area contributed by atoms with E-state index in [9.17, 15) is 0 Å². The van der Waals surface area contributed by atoms with Crippen molar-refractivity contribution in [3.63, 3.8) is 0 Å². The summed E-state index contributed by atoms with van der Waals surface area (Å²) < 4.78 is 5.14. The second-order valence-corrected chi connectivity index (χ2v) is 3.96. The van der Waals surface area contributed by atoms with E-state index in [1.54, 1.807) is 0 Å². The van der Waals surface area contributed by atoms with Crippen LogP contribution in [-0.2, 0) is 4.74 Å². The van der Waals surface area contributed by atoms with E-state index in [2.05, 4.69) is 29.2 Å². The third-order valence-corrected chi connectivity index (χ3v) is 3.11. The van der Waals surface area contributed by atoms with E-state index in [1.807, 2.05) is 6.20 Å². The van der Waals surface area contributed by atoms with Crippen LogP contribution in [0.2, 0.25) is 0 Å². The number of halogens is 1. The summed E-state index contributed by atoms with van der Waals surface area (Å²) in [4.78, 5) is 3.11. The molecular formula is C11H9ClNO. The van der Waals surface area contributed by atoms with Crippen molar-refractivity contribution in [2.24, 2.45) is 0 Å². The summed E-state index contributed by atoms with van der Waals surface area (Å²) in [5.74, 6) is 0.337. The summed E-state index contributed by atoms with van der Waals surface area (Å²) in [6.07, 6.45) is 1.82. The number of aromatic amines is 1. The molecule has 2 aromatic rings. The van der Waals surface area contributed by atoms with Crippen LogP contribution in [-0.4, -0.2) is 17.2 Å². The van der Waals surface area contributed by atoms with Gasteiger partial charge in [-0.3, -0.25) is 0 Å². The Morgan fingerprint density at radius 3 is 3.14 bits per heavy atom. The summed E-state index contributed by atoms with van der Waals surface area (Å²) in [5, 5.41) is 1.11. The molecule has 0 spiro atoms. The van der Waals surface area contributed by atoms with E-state index in [-0.39, 0.29) is 5.56 Å². The van der Waals surface area contributed by atoms with Gasteiger partial charge in [-0.25, -0.2) is 0 Å². The molecule has 71 valence electrons. The maximum Gasteiger partial charge on any atom is 0.140 e. The Morgan fingerprint density at radius 2 is 2.43 bits per heavy atom. The molecular weight excluding hydrogens is 198 g/mol. The third kappa shape index (κ3) is 1.15. The number of H-pyrrole nitrogens is 1. The van der Waals surface area contributed by atoms with Gasteiger partial charge in [-0.05, 0) is 17.7 Å². The highest BCUT2D eigenvalue weighted by Gasteiger charge is 2.31. The highest BCUT2D eigenvalue weighted by molar-refractivity contribution is 6.20. The van der Waals surface area contributed by atoms with Gasteiger partial charge in [-0.1, -0.05) is 17.7 Å². The second-order valence-electron chi connectivity index (χ2n) is 3.53. The zero-order chi connectivity index (χ0) is 9.54. The lowest BCUT2D eigenvalue weighted by molar-refractivity contribution is -0.0234. The number of hydrogen-bond donors (Lipinski definition) is 1. The first-order valence-electron chi connectivity index (χ1n) is 4.59. The number of fused-ring (bicyclic) bond motifs is 1. The normalized spacial score (nSPS) is 26.4. The van der Waals surface area contributed by atoms with E-state index >= 15 is 0 Å². The van der Waals surface area contributed by atoms with E-state index in [0.29, 0.717) is 5.92 Å². The number of ether oxygens (including phenoxy) is 1. The van der Waals surface area contributed by atoms with Gasteiger partial charge in [0, 0.05) is 29.1 Å². The van der Waals surface area contributed by atoms with Gasteiger partial charge in [0.2, 0.25) is 0 Å². The first-order chi connectivity index (χ1) is 6.84. The van der Waals surface area contributed by atoms with Crippen molar-refractivity contribution in [1.29, 1.82) is 0 Å². The monoisotopic (exact) mass is 206 g/mol. The first-order valence-corrected chi connectivity index (χ1v) is 5.02. The van der Waals surface area contributed by atoms with Crippen LogP contribution in [0, 0.1) is 6.07 Å². The number of hydrogen-bond acceptors (Lipinski definition) is 1. The fourth-order valence-electron chi connectivity index (χ4n) is 1.74. The third-order valence-electron chi connectivity index (χ3n) is 2.68. The van der Waals surface area contributed by atoms with Crippen molar-refractivity contribution in [3.05, 3.63) is 36.0 Å². The SMILES string of the molecule is Cl[C@@H]1OCC1c1ccc2[nH]c[c]c2c1. The van der Waals surface area contributed by atoms with Crippen LogP contribution in [0.25, 0.3) is 10.9 Å². The van der Waals surface area contributed by atoms with Gasteiger partial charge in [0.1, 0.15) is 5.56 Å². The minimum absolute atomic E-state index is 0.161. The molecule has 1 aromatic carbocycles. The van der Waals surface area contributed by atoms with Crippen molar-refractivity contribution in [2.75, 3.05) is 6.61 Å². The molecule has 0 aliphatic carbocycles. The van der Waals surface area contributed by atoms with Crippen molar-refractivity contribution in [2.45, 2.75) is 11.5 Å². The molecule has 1 saturated heterocycles. The van der Waals surface area contributed by atoms with E-state index in [0.717, 1.165) is 17.5 Å². The van der Waals surface area contributed by atoms with Crippen molar-refractivity contribution < 1.29 is 4.74 Å². The Hall–Kier alpha value is -0.990. The van der Waals surface area contributed by atoms with Crippen molar-refractivity contribution in [3.8, 4) is 0 Å². The zero-order valence-corrected chi connectivity index (χ0v) is 8.21. The molecule has 1 aliphatic heterocycles. The number of benzene rings is 1. The van der Waals surface area contributed by atoms with E-state index < -0.39 is 0 Å². The highest BCUT2D eigenvalue weighted by Crippen LogP contribution is 2.34. The fourth-order valence-corrected chi connectivity index (χ4v) is 2.03. The van der Waals surface area contributed by atoms with Gasteiger partial charge in [-0.15, -0.1) is 0 Å². The predicted octanol–water partition coefficient (Wildman–Crippen LogP) is 2.65. The number of rotatable bonds is 1. The fraction of sp³-hybridized carbons (Fsp3) is 0.273. The van der Waals surface area contributed by atoms with E-state index in [1.165, 1.54) is 5.56 Å². The Morgan fingerprint density at radius 1 is 1.50 bits per heavy atom. The van der Waals surface area contributed by atoms with Crippen LogP contribution >= 0.6 is 11.6 Å². The molecule has 3 heteroatoms. The van der Waals surface area contributed by atoms with Crippen LogP contribution < -0.4 is 0 Å². The molecule has 14 heavy (non-hydrogen) atoms. The predicted molar refractivity (Wildman–Crippen MR) is 55.5 cm³/mol. The molecule has 2 atom stereocenters. The molecule has 1 fully saturated rings. The zero-order valence-electron chi connectivity index (χ0n) is 7.46. The quantitative estimate of drug-likeness (QED) is 0.713. The number of alkyl halides is 1. The molecule has 1 aromatic heterocycles. The topological polar surface area (TPSA) is 25.0 Å². The van der Waals surface area contributed by atoms with Gasteiger partial charge in [0.15, 0.2) is 0 Å². The van der Waals surface area contributed by atoms with Crippen molar-refractivity contribution in [1.82, 2.24) is 4.98 Å². The van der Waals surface area contributed by atoms with Crippen LogP contribution in [0.5, 0.6) is 0 Å². The second kappa shape index (κ2) is 3.01.